The SMILES string of the molecule is C=C[C@@H]1C[C@@H]([Si](C)(C)C)C(c2ccccc2)=CC1=C. The van der Waals surface area contributed by atoms with E-state index >= 15 is 0 Å². The molecular weight excluding hydrogens is 244 g/mol. The van der Waals surface area contributed by atoms with Crippen LogP contribution < -0.4 is 0 Å². The summed E-state index contributed by atoms with van der Waals surface area (Å²) in [4.78, 5) is 0. The van der Waals surface area contributed by atoms with Crippen molar-refractivity contribution in [2.75, 3.05) is 0 Å². The van der Waals surface area contributed by atoms with Crippen molar-refractivity contribution in [1.29, 1.82) is 0 Å². The highest BCUT2D eigenvalue weighted by Gasteiger charge is 2.35. The summed E-state index contributed by atoms with van der Waals surface area (Å²) in [6, 6.07) is 10.8. The molecule has 1 aliphatic rings. The first kappa shape index (κ1) is 14.1. The molecule has 1 heteroatoms. The molecule has 1 aliphatic carbocycles. The van der Waals surface area contributed by atoms with Gasteiger partial charge in [-0.15, -0.1) is 6.58 Å². The van der Waals surface area contributed by atoms with E-state index in [0.29, 0.717) is 11.5 Å². The minimum absolute atomic E-state index is 0.448. The van der Waals surface area contributed by atoms with Crippen LogP contribution in [0, 0.1) is 5.92 Å². The van der Waals surface area contributed by atoms with Crippen LogP contribution >= 0.6 is 0 Å². The fourth-order valence-electron chi connectivity index (χ4n) is 2.92. The molecule has 0 unspecified atom stereocenters. The predicted octanol–water partition coefficient (Wildman–Crippen LogP) is 5.54. The molecule has 0 aliphatic heterocycles. The first-order valence-corrected chi connectivity index (χ1v) is 10.6. The standard InChI is InChI=1S/C18H24Si/c1-6-15-13-18(19(3,4)5)17(12-14(15)2)16-10-8-7-9-11-16/h6-12,15,18H,1-2,13H2,3-5H3/t15-,18-/m1/s1. The molecule has 2 rings (SSSR count). The lowest BCUT2D eigenvalue weighted by molar-refractivity contribution is 0.677. The summed E-state index contributed by atoms with van der Waals surface area (Å²) in [5, 5.41) is 0. The second-order valence-electron chi connectivity index (χ2n) is 6.54. The quantitative estimate of drug-likeness (QED) is 0.498. The van der Waals surface area contributed by atoms with Crippen molar-refractivity contribution in [3.8, 4) is 0 Å². The molecule has 2 atom stereocenters. The normalized spacial score (nSPS) is 23.9. The fourth-order valence-corrected chi connectivity index (χ4v) is 5.07. The van der Waals surface area contributed by atoms with Crippen molar-refractivity contribution in [2.45, 2.75) is 31.6 Å². The Hall–Kier alpha value is -1.34. The lowest BCUT2D eigenvalue weighted by Crippen LogP contribution is -2.32. The van der Waals surface area contributed by atoms with Crippen LogP contribution in [0.15, 0.2) is 61.2 Å². The molecule has 100 valence electrons. The molecule has 0 saturated heterocycles. The van der Waals surface area contributed by atoms with Gasteiger partial charge in [0.05, 0.1) is 8.07 Å². The van der Waals surface area contributed by atoms with Crippen LogP contribution in [0.2, 0.25) is 25.2 Å². The molecule has 19 heavy (non-hydrogen) atoms. The monoisotopic (exact) mass is 268 g/mol. The zero-order valence-electron chi connectivity index (χ0n) is 12.3. The second-order valence-corrected chi connectivity index (χ2v) is 12.0. The smallest absolute Gasteiger partial charge is 0.0522 e. The molecule has 0 N–H and O–H groups in total. The lowest BCUT2D eigenvalue weighted by atomic mass is 9.83. The van der Waals surface area contributed by atoms with Crippen molar-refractivity contribution in [3.05, 3.63) is 66.8 Å². The summed E-state index contributed by atoms with van der Waals surface area (Å²) in [6.45, 7) is 15.6. The largest absolute Gasteiger partial charge is 0.102 e. The Kier molecular flexibility index (Phi) is 3.95. The maximum atomic E-state index is 4.23. The van der Waals surface area contributed by atoms with Gasteiger partial charge < -0.3 is 0 Å². The minimum atomic E-state index is -1.25. The molecule has 0 saturated carbocycles. The van der Waals surface area contributed by atoms with E-state index in [2.05, 4.69) is 75.3 Å². The van der Waals surface area contributed by atoms with Crippen LogP contribution in [0.1, 0.15) is 12.0 Å². The van der Waals surface area contributed by atoms with E-state index in [1.165, 1.54) is 23.1 Å². The summed E-state index contributed by atoms with van der Waals surface area (Å²) in [5.41, 5.74) is 4.74. The van der Waals surface area contributed by atoms with Crippen LogP contribution in [0.5, 0.6) is 0 Å². The van der Waals surface area contributed by atoms with E-state index in [0.717, 1.165) is 0 Å². The fraction of sp³-hybridized carbons (Fsp3) is 0.333. The van der Waals surface area contributed by atoms with Crippen molar-refractivity contribution < 1.29 is 0 Å². The zero-order valence-corrected chi connectivity index (χ0v) is 13.3. The highest BCUT2D eigenvalue weighted by atomic mass is 28.3. The molecule has 0 aromatic heterocycles. The zero-order chi connectivity index (χ0) is 14.0. The minimum Gasteiger partial charge on any atom is -0.102 e. The summed E-state index contributed by atoms with van der Waals surface area (Å²) in [7, 11) is -1.25. The van der Waals surface area contributed by atoms with Gasteiger partial charge in [0.1, 0.15) is 0 Å². The third-order valence-electron chi connectivity index (χ3n) is 4.12. The molecular formula is C18H24Si. The lowest BCUT2D eigenvalue weighted by Gasteiger charge is -2.37. The van der Waals surface area contributed by atoms with Gasteiger partial charge in [0.2, 0.25) is 0 Å². The topological polar surface area (TPSA) is 0 Å². The third kappa shape index (κ3) is 2.98. The molecule has 0 radical (unpaired) electrons. The van der Waals surface area contributed by atoms with Crippen LogP contribution in [-0.4, -0.2) is 8.07 Å². The van der Waals surface area contributed by atoms with E-state index in [4.69, 9.17) is 0 Å². The molecule has 0 fully saturated rings. The first-order chi connectivity index (χ1) is 8.93. The van der Waals surface area contributed by atoms with Crippen molar-refractivity contribution >= 4 is 13.6 Å². The van der Waals surface area contributed by atoms with E-state index in [1.54, 1.807) is 0 Å². The highest BCUT2D eigenvalue weighted by Crippen LogP contribution is 2.46. The van der Waals surface area contributed by atoms with Gasteiger partial charge in [-0.3, -0.25) is 0 Å². The highest BCUT2D eigenvalue weighted by molar-refractivity contribution is 6.79. The molecule has 0 spiro atoms. The van der Waals surface area contributed by atoms with E-state index in [-0.39, 0.29) is 0 Å². The third-order valence-corrected chi connectivity index (χ3v) is 6.76. The van der Waals surface area contributed by atoms with Gasteiger partial charge in [0, 0.05) is 5.92 Å². The van der Waals surface area contributed by atoms with Gasteiger partial charge in [0.25, 0.3) is 0 Å². The number of benzene rings is 1. The van der Waals surface area contributed by atoms with E-state index in [1.807, 2.05) is 0 Å². The van der Waals surface area contributed by atoms with E-state index < -0.39 is 8.07 Å². The molecule has 0 amide bonds. The van der Waals surface area contributed by atoms with Crippen LogP contribution in [-0.2, 0) is 0 Å². The first-order valence-electron chi connectivity index (χ1n) is 7.02. The van der Waals surface area contributed by atoms with Crippen LogP contribution in [0.25, 0.3) is 5.57 Å². The Bertz CT molecular complexity index is 502. The van der Waals surface area contributed by atoms with Crippen molar-refractivity contribution in [3.63, 3.8) is 0 Å². The second kappa shape index (κ2) is 5.34. The van der Waals surface area contributed by atoms with E-state index in [9.17, 15) is 0 Å². The van der Waals surface area contributed by atoms with Crippen LogP contribution in [0.4, 0.5) is 0 Å². The number of hydrogen-bond donors (Lipinski definition) is 0. The Morgan fingerprint density at radius 1 is 1.16 bits per heavy atom. The maximum absolute atomic E-state index is 4.23. The Morgan fingerprint density at radius 2 is 1.79 bits per heavy atom. The number of rotatable bonds is 3. The van der Waals surface area contributed by atoms with Gasteiger partial charge in [-0.1, -0.05) is 68.7 Å². The predicted molar refractivity (Wildman–Crippen MR) is 89.0 cm³/mol. The Balaban J connectivity index is 2.48. The summed E-state index contributed by atoms with van der Waals surface area (Å²) in [5.74, 6) is 0.448. The number of allylic oxidation sites excluding steroid dienone is 4. The van der Waals surface area contributed by atoms with Gasteiger partial charge in [-0.2, -0.15) is 0 Å². The average Bonchev–Trinajstić information content (AvgIpc) is 2.38. The number of hydrogen-bond acceptors (Lipinski definition) is 0. The van der Waals surface area contributed by atoms with Gasteiger partial charge in [-0.25, -0.2) is 0 Å². The maximum Gasteiger partial charge on any atom is 0.0522 e. The van der Waals surface area contributed by atoms with Crippen molar-refractivity contribution in [1.82, 2.24) is 0 Å². The van der Waals surface area contributed by atoms with Crippen LogP contribution in [0.3, 0.4) is 0 Å². The van der Waals surface area contributed by atoms with Gasteiger partial charge in [0.15, 0.2) is 0 Å². The van der Waals surface area contributed by atoms with Gasteiger partial charge in [-0.05, 0) is 28.7 Å². The molecule has 1 aromatic carbocycles. The van der Waals surface area contributed by atoms with Crippen molar-refractivity contribution in [2.24, 2.45) is 5.92 Å². The average molecular weight is 268 g/mol. The molecule has 0 heterocycles. The molecule has 1 aromatic rings. The van der Waals surface area contributed by atoms with Gasteiger partial charge >= 0.3 is 0 Å². The Morgan fingerprint density at radius 3 is 2.32 bits per heavy atom. The summed E-state index contributed by atoms with van der Waals surface area (Å²) < 4.78 is 0. The molecule has 0 nitrogen and oxygen atoms in total. The Labute approximate surface area is 118 Å². The molecule has 0 bridgehead atoms. The summed E-state index contributed by atoms with van der Waals surface area (Å²) in [6.07, 6.45) is 5.56. The summed E-state index contributed by atoms with van der Waals surface area (Å²) >= 11 is 0.